The quantitative estimate of drug-likeness (QED) is 0.153. The summed E-state index contributed by atoms with van der Waals surface area (Å²) in [5, 5.41) is 0. The van der Waals surface area contributed by atoms with Crippen molar-refractivity contribution in [2.24, 2.45) is 0 Å². The van der Waals surface area contributed by atoms with Gasteiger partial charge in [-0.3, -0.25) is 0 Å². The Hall–Kier alpha value is -0.900. The van der Waals surface area contributed by atoms with Crippen LogP contribution in [0.15, 0.2) is 18.2 Å². The molecule has 0 aromatic carbocycles. The van der Waals surface area contributed by atoms with Crippen LogP contribution in [0.3, 0.4) is 0 Å². The van der Waals surface area contributed by atoms with Gasteiger partial charge in [0.25, 0.3) is 0 Å². The van der Waals surface area contributed by atoms with Crippen LogP contribution >= 0.6 is 34.0 Å². The monoisotopic (exact) mass is 528 g/mol. The van der Waals surface area contributed by atoms with Crippen molar-refractivity contribution in [2.45, 2.75) is 131 Å². The molecular formula is C32H48S3. The highest BCUT2D eigenvalue weighted by molar-refractivity contribution is 7.26. The predicted octanol–water partition coefficient (Wildman–Crippen LogP) is 12.2. The fourth-order valence-corrected chi connectivity index (χ4v) is 8.61. The fraction of sp³-hybridized carbons (Fsp3) is 0.625. The Balaban J connectivity index is 1.86. The van der Waals surface area contributed by atoms with Gasteiger partial charge in [0.15, 0.2) is 0 Å². The Kier molecular flexibility index (Phi) is 12.6. The van der Waals surface area contributed by atoms with E-state index in [4.69, 9.17) is 0 Å². The van der Waals surface area contributed by atoms with E-state index in [-0.39, 0.29) is 0 Å². The molecule has 0 aliphatic rings. The average molecular weight is 529 g/mol. The Labute approximate surface area is 228 Å². The van der Waals surface area contributed by atoms with Crippen LogP contribution in [0.5, 0.6) is 0 Å². The topological polar surface area (TPSA) is 0 Å². The molecule has 3 rings (SSSR count). The van der Waals surface area contributed by atoms with Crippen LogP contribution in [-0.4, -0.2) is 0 Å². The van der Waals surface area contributed by atoms with Crippen molar-refractivity contribution in [3.05, 3.63) is 44.6 Å². The molecular weight excluding hydrogens is 481 g/mol. The summed E-state index contributed by atoms with van der Waals surface area (Å²) in [7, 11) is 0. The third kappa shape index (κ3) is 8.58. The van der Waals surface area contributed by atoms with E-state index in [1.165, 1.54) is 116 Å². The standard InChI is InChI=1S/C32H48S3/c1-6-9-12-15-18-26-22-29(34-25(26)5)30-23-28(20-17-14-11-8-3)32(35-30)31-27(21-24(4)33-31)19-16-13-10-7-2/h21-23H,6-20H2,1-5H3. The van der Waals surface area contributed by atoms with Crippen molar-refractivity contribution in [2.75, 3.05) is 0 Å². The van der Waals surface area contributed by atoms with Gasteiger partial charge in [0.2, 0.25) is 0 Å². The zero-order valence-corrected chi connectivity index (χ0v) is 25.5. The minimum Gasteiger partial charge on any atom is -0.139 e. The van der Waals surface area contributed by atoms with Crippen molar-refractivity contribution in [1.29, 1.82) is 0 Å². The molecule has 0 spiro atoms. The Morgan fingerprint density at radius 2 is 0.943 bits per heavy atom. The highest BCUT2D eigenvalue weighted by Crippen LogP contribution is 2.46. The lowest BCUT2D eigenvalue weighted by Gasteiger charge is -2.06. The Morgan fingerprint density at radius 1 is 0.486 bits per heavy atom. The van der Waals surface area contributed by atoms with Crippen LogP contribution in [0, 0.1) is 13.8 Å². The second kappa shape index (κ2) is 15.4. The van der Waals surface area contributed by atoms with Crippen molar-refractivity contribution in [3.63, 3.8) is 0 Å². The molecule has 3 heteroatoms. The molecule has 0 atom stereocenters. The van der Waals surface area contributed by atoms with E-state index in [0.717, 1.165) is 0 Å². The SMILES string of the molecule is CCCCCCc1cc(-c2cc(CCCCCC)c(-c3sc(C)cc3CCCCCC)s2)sc1C. The van der Waals surface area contributed by atoms with E-state index in [2.05, 4.69) is 64.2 Å². The predicted molar refractivity (Wildman–Crippen MR) is 164 cm³/mol. The number of aryl methyl sites for hydroxylation is 5. The van der Waals surface area contributed by atoms with E-state index in [1.54, 1.807) is 26.4 Å². The van der Waals surface area contributed by atoms with Crippen LogP contribution in [-0.2, 0) is 19.3 Å². The minimum absolute atomic E-state index is 1.23. The molecule has 0 fully saturated rings. The summed E-state index contributed by atoms with van der Waals surface area (Å²) in [5.41, 5.74) is 4.79. The van der Waals surface area contributed by atoms with Gasteiger partial charge in [-0.05, 0) is 87.3 Å². The van der Waals surface area contributed by atoms with Crippen LogP contribution in [0.4, 0.5) is 0 Å². The van der Waals surface area contributed by atoms with Crippen LogP contribution < -0.4 is 0 Å². The third-order valence-corrected chi connectivity index (χ3v) is 10.8. The molecule has 35 heavy (non-hydrogen) atoms. The molecule has 0 saturated heterocycles. The Morgan fingerprint density at radius 3 is 1.51 bits per heavy atom. The van der Waals surface area contributed by atoms with Gasteiger partial charge >= 0.3 is 0 Å². The lowest BCUT2D eigenvalue weighted by molar-refractivity contribution is 0.666. The molecule has 0 radical (unpaired) electrons. The Bertz CT molecular complexity index is 1000. The molecule has 194 valence electrons. The first-order valence-electron chi connectivity index (χ1n) is 14.4. The largest absolute Gasteiger partial charge is 0.139 e. The number of hydrogen-bond acceptors (Lipinski definition) is 3. The highest BCUT2D eigenvalue weighted by Gasteiger charge is 2.19. The summed E-state index contributed by atoms with van der Waals surface area (Å²) in [6.07, 6.45) is 19.8. The summed E-state index contributed by atoms with van der Waals surface area (Å²) in [6, 6.07) is 7.57. The number of rotatable bonds is 17. The van der Waals surface area contributed by atoms with Gasteiger partial charge in [-0.15, -0.1) is 34.0 Å². The first kappa shape index (κ1) is 28.7. The molecule has 0 N–H and O–H groups in total. The lowest BCUT2D eigenvalue weighted by Crippen LogP contribution is -1.89. The molecule has 0 unspecified atom stereocenters. The maximum atomic E-state index is 2.56. The lowest BCUT2D eigenvalue weighted by atomic mass is 10.0. The van der Waals surface area contributed by atoms with Crippen molar-refractivity contribution in [1.82, 2.24) is 0 Å². The molecule has 0 nitrogen and oxygen atoms in total. The zero-order chi connectivity index (χ0) is 25.0. The van der Waals surface area contributed by atoms with E-state index >= 15 is 0 Å². The molecule has 0 amide bonds. The maximum Gasteiger partial charge on any atom is 0.0484 e. The van der Waals surface area contributed by atoms with Gasteiger partial charge in [-0.2, -0.15) is 0 Å². The van der Waals surface area contributed by atoms with Gasteiger partial charge < -0.3 is 0 Å². The van der Waals surface area contributed by atoms with E-state index in [9.17, 15) is 0 Å². The second-order valence-corrected chi connectivity index (χ2v) is 13.9. The number of thiophene rings is 3. The third-order valence-electron chi connectivity index (χ3n) is 7.11. The molecule has 0 bridgehead atoms. The van der Waals surface area contributed by atoms with Crippen molar-refractivity contribution < 1.29 is 0 Å². The molecule has 0 saturated carbocycles. The van der Waals surface area contributed by atoms with E-state index in [0.29, 0.717) is 0 Å². The van der Waals surface area contributed by atoms with Gasteiger partial charge in [-0.25, -0.2) is 0 Å². The minimum atomic E-state index is 1.23. The molecule has 3 aromatic rings. The van der Waals surface area contributed by atoms with Gasteiger partial charge in [-0.1, -0.05) is 78.6 Å². The molecule has 3 heterocycles. The molecule has 0 aliphatic carbocycles. The first-order chi connectivity index (χ1) is 17.1. The summed E-state index contributed by atoms with van der Waals surface area (Å²) in [5.74, 6) is 0. The van der Waals surface area contributed by atoms with Gasteiger partial charge in [0, 0.05) is 29.3 Å². The van der Waals surface area contributed by atoms with Gasteiger partial charge in [0.05, 0.1) is 0 Å². The molecule has 3 aromatic heterocycles. The summed E-state index contributed by atoms with van der Waals surface area (Å²) in [4.78, 5) is 9.15. The first-order valence-corrected chi connectivity index (χ1v) is 16.8. The van der Waals surface area contributed by atoms with E-state index < -0.39 is 0 Å². The average Bonchev–Trinajstić information content (AvgIpc) is 3.54. The highest BCUT2D eigenvalue weighted by atomic mass is 32.1. The summed E-state index contributed by atoms with van der Waals surface area (Å²) in [6.45, 7) is 11.6. The normalized spacial score (nSPS) is 11.6. The summed E-state index contributed by atoms with van der Waals surface area (Å²) >= 11 is 6.13. The smallest absolute Gasteiger partial charge is 0.0484 e. The van der Waals surface area contributed by atoms with Crippen LogP contribution in [0.25, 0.3) is 19.5 Å². The summed E-state index contributed by atoms with van der Waals surface area (Å²) < 4.78 is 0. The van der Waals surface area contributed by atoms with Crippen LogP contribution in [0.2, 0.25) is 0 Å². The second-order valence-electron chi connectivity index (χ2n) is 10.3. The number of unbranched alkanes of at least 4 members (excludes halogenated alkanes) is 9. The fourth-order valence-electron chi connectivity index (χ4n) is 4.99. The maximum absolute atomic E-state index is 2.56. The van der Waals surface area contributed by atoms with Crippen LogP contribution in [0.1, 0.15) is 124 Å². The number of hydrogen-bond donors (Lipinski definition) is 0. The van der Waals surface area contributed by atoms with E-state index in [1.807, 2.05) is 22.7 Å². The molecule has 0 aliphatic heterocycles. The van der Waals surface area contributed by atoms with Crippen molar-refractivity contribution in [3.8, 4) is 19.5 Å². The zero-order valence-electron chi connectivity index (χ0n) is 23.1. The van der Waals surface area contributed by atoms with Crippen molar-refractivity contribution >= 4 is 34.0 Å². The van der Waals surface area contributed by atoms with Gasteiger partial charge in [0.1, 0.15) is 0 Å².